The highest BCUT2D eigenvalue weighted by Gasteiger charge is 2.56. The lowest BCUT2D eigenvalue weighted by Gasteiger charge is -2.51. The molecule has 212 valence electrons. The molecule has 3 aromatic carbocycles. The van der Waals surface area contributed by atoms with Gasteiger partial charge >= 0.3 is 0 Å². The maximum Gasteiger partial charge on any atom is 0.255 e. The van der Waals surface area contributed by atoms with Crippen molar-refractivity contribution in [3.8, 4) is 17.2 Å². The van der Waals surface area contributed by atoms with Gasteiger partial charge in [0.15, 0.2) is 17.0 Å². The fourth-order valence-corrected chi connectivity index (χ4v) is 6.33. The Morgan fingerprint density at radius 3 is 2.59 bits per heavy atom. The largest absolute Gasteiger partial charge is 0.497 e. The molecule has 1 saturated heterocycles. The third-order valence-electron chi connectivity index (χ3n) is 8.38. The Bertz CT molecular complexity index is 1630. The first-order chi connectivity index (χ1) is 19.9. The summed E-state index contributed by atoms with van der Waals surface area (Å²) in [5, 5.41) is 1.05. The van der Waals surface area contributed by atoms with E-state index in [1.165, 1.54) is 0 Å². The van der Waals surface area contributed by atoms with Crippen molar-refractivity contribution in [2.75, 3.05) is 33.9 Å². The van der Waals surface area contributed by atoms with Crippen LogP contribution in [0, 0.1) is 0 Å². The number of carbonyl (C=O) groups excluding carboxylic acids is 2. The molecule has 6 rings (SSSR count). The molecule has 8 nitrogen and oxygen atoms in total. The van der Waals surface area contributed by atoms with Gasteiger partial charge in [0, 0.05) is 29.9 Å². The Morgan fingerprint density at radius 1 is 0.976 bits per heavy atom. The average molecular weight is 554 g/mol. The van der Waals surface area contributed by atoms with E-state index in [4.69, 9.17) is 14.2 Å². The van der Waals surface area contributed by atoms with Crippen LogP contribution in [-0.4, -0.2) is 60.5 Å². The highest BCUT2D eigenvalue weighted by atomic mass is 16.5. The fraction of sp³-hybridized carbons (Fsp3) is 0.333. The van der Waals surface area contributed by atoms with Crippen molar-refractivity contribution in [1.82, 2.24) is 14.8 Å². The summed E-state index contributed by atoms with van der Waals surface area (Å²) >= 11 is 0. The summed E-state index contributed by atoms with van der Waals surface area (Å²) in [6.07, 6.45) is 0.894. The number of ether oxygens (including phenoxy) is 3. The molecule has 0 aliphatic carbocycles. The Labute approximate surface area is 239 Å². The number of amides is 2. The second kappa shape index (κ2) is 10.5. The van der Waals surface area contributed by atoms with Crippen LogP contribution >= 0.6 is 0 Å². The van der Waals surface area contributed by atoms with Crippen molar-refractivity contribution in [3.05, 3.63) is 89.1 Å². The van der Waals surface area contributed by atoms with Gasteiger partial charge < -0.3 is 29.0 Å². The van der Waals surface area contributed by atoms with Gasteiger partial charge in [0.1, 0.15) is 12.3 Å². The van der Waals surface area contributed by atoms with Crippen molar-refractivity contribution in [2.45, 2.75) is 38.3 Å². The Balaban J connectivity index is 1.45. The summed E-state index contributed by atoms with van der Waals surface area (Å²) in [6, 6.07) is 21.7. The smallest absolute Gasteiger partial charge is 0.255 e. The van der Waals surface area contributed by atoms with Crippen LogP contribution in [0.25, 0.3) is 10.9 Å². The number of carbonyl (C=O) groups is 2. The summed E-state index contributed by atoms with van der Waals surface area (Å²) in [7, 11) is 3.25. The van der Waals surface area contributed by atoms with E-state index in [-0.39, 0.29) is 24.3 Å². The number of fused-ring (bicyclic) bond motifs is 5. The SMILES string of the molecule is CCCOc1ccc(C2CN3C(=O)CN(Cc4cccc(OC)c4)C(=O)C3(C)c3[nH]c4ccccc4c32)cc1OC. The monoisotopic (exact) mass is 553 g/mol. The number of hydrogen-bond donors (Lipinski definition) is 1. The van der Waals surface area contributed by atoms with Gasteiger partial charge in [-0.15, -0.1) is 0 Å². The number of para-hydroxylation sites is 1. The van der Waals surface area contributed by atoms with Gasteiger partial charge in [-0.1, -0.05) is 43.3 Å². The number of nitrogens with one attached hydrogen (secondary N) is 1. The standard InChI is InChI=1S/C33H35N3O5/c1-5-15-41-27-14-13-22(17-28(27)40-4)25-19-36-29(37)20-35(18-21-9-8-10-23(16-21)39-3)32(38)33(36,2)31-30(25)24-11-6-7-12-26(24)34-31/h6-14,16-17,25,34H,5,15,18-20H2,1-4H3. The average Bonchev–Trinajstić information content (AvgIpc) is 3.40. The number of aromatic nitrogens is 1. The summed E-state index contributed by atoms with van der Waals surface area (Å²) in [6.45, 7) is 5.24. The molecule has 3 heterocycles. The molecule has 1 N–H and O–H groups in total. The molecule has 2 aliphatic rings. The van der Waals surface area contributed by atoms with E-state index in [0.29, 0.717) is 36.9 Å². The highest BCUT2D eigenvalue weighted by molar-refractivity contribution is 6.01. The molecule has 2 amide bonds. The van der Waals surface area contributed by atoms with Crippen molar-refractivity contribution in [2.24, 2.45) is 0 Å². The number of H-pyrrole nitrogens is 1. The Morgan fingerprint density at radius 2 is 1.80 bits per heavy atom. The second-order valence-corrected chi connectivity index (χ2v) is 10.9. The van der Waals surface area contributed by atoms with E-state index in [1.54, 1.807) is 24.0 Å². The molecule has 1 fully saturated rings. The Hall–Kier alpha value is -4.46. The second-order valence-electron chi connectivity index (χ2n) is 10.9. The molecule has 0 saturated carbocycles. The minimum Gasteiger partial charge on any atom is -0.497 e. The molecule has 1 aromatic heterocycles. The van der Waals surface area contributed by atoms with Crippen molar-refractivity contribution in [1.29, 1.82) is 0 Å². The zero-order chi connectivity index (χ0) is 28.7. The van der Waals surface area contributed by atoms with Crippen LogP contribution in [0.5, 0.6) is 17.2 Å². The van der Waals surface area contributed by atoms with Crippen LogP contribution in [0.15, 0.2) is 66.7 Å². The van der Waals surface area contributed by atoms with E-state index < -0.39 is 5.54 Å². The van der Waals surface area contributed by atoms with E-state index in [2.05, 4.69) is 18.0 Å². The number of benzene rings is 3. The number of rotatable bonds is 8. The highest BCUT2D eigenvalue weighted by Crippen LogP contribution is 2.49. The molecule has 2 aliphatic heterocycles. The molecule has 2 atom stereocenters. The van der Waals surface area contributed by atoms with E-state index in [0.717, 1.165) is 39.7 Å². The summed E-state index contributed by atoms with van der Waals surface area (Å²) in [5.74, 6) is 1.70. The lowest BCUT2D eigenvalue weighted by Crippen LogP contribution is -2.67. The van der Waals surface area contributed by atoms with Crippen LogP contribution in [0.2, 0.25) is 0 Å². The molecular weight excluding hydrogens is 518 g/mol. The van der Waals surface area contributed by atoms with Gasteiger partial charge in [-0.25, -0.2) is 0 Å². The normalized spacial score (nSPS) is 20.1. The van der Waals surface area contributed by atoms with Gasteiger partial charge in [-0.2, -0.15) is 0 Å². The van der Waals surface area contributed by atoms with E-state index in [1.807, 2.05) is 67.6 Å². The van der Waals surface area contributed by atoms with Crippen LogP contribution in [0.3, 0.4) is 0 Å². The van der Waals surface area contributed by atoms with E-state index in [9.17, 15) is 9.59 Å². The zero-order valence-electron chi connectivity index (χ0n) is 23.9. The lowest BCUT2D eigenvalue weighted by molar-refractivity contribution is -0.166. The molecule has 0 spiro atoms. The number of piperazine rings is 1. The van der Waals surface area contributed by atoms with Gasteiger partial charge in [0.05, 0.1) is 26.5 Å². The first-order valence-corrected chi connectivity index (χ1v) is 14.0. The van der Waals surface area contributed by atoms with Gasteiger partial charge in [0.25, 0.3) is 5.91 Å². The number of nitrogens with zero attached hydrogens (tertiary/aromatic N) is 2. The van der Waals surface area contributed by atoms with Gasteiger partial charge in [-0.05, 0) is 60.4 Å². The summed E-state index contributed by atoms with van der Waals surface area (Å²) in [5.41, 5.74) is 3.46. The molecule has 2 unspecified atom stereocenters. The third kappa shape index (κ3) is 4.38. The quantitative estimate of drug-likeness (QED) is 0.324. The van der Waals surface area contributed by atoms with Crippen LogP contribution in [0.1, 0.15) is 48.6 Å². The van der Waals surface area contributed by atoms with Crippen LogP contribution in [-0.2, 0) is 21.7 Å². The predicted octanol–water partition coefficient (Wildman–Crippen LogP) is 5.21. The van der Waals surface area contributed by atoms with Gasteiger partial charge in [-0.3, -0.25) is 9.59 Å². The molecule has 8 heteroatoms. The topological polar surface area (TPSA) is 84.1 Å². The number of methoxy groups -OCH3 is 2. The first kappa shape index (κ1) is 26.7. The summed E-state index contributed by atoms with van der Waals surface area (Å²) < 4.78 is 17.0. The van der Waals surface area contributed by atoms with Crippen LogP contribution in [0.4, 0.5) is 0 Å². The number of hydrogen-bond acceptors (Lipinski definition) is 5. The number of aromatic amines is 1. The van der Waals surface area contributed by atoms with Crippen LogP contribution < -0.4 is 14.2 Å². The van der Waals surface area contributed by atoms with Gasteiger partial charge in [0.2, 0.25) is 5.91 Å². The lowest BCUT2D eigenvalue weighted by atomic mass is 9.76. The Kier molecular flexibility index (Phi) is 6.85. The van der Waals surface area contributed by atoms with Crippen molar-refractivity contribution >= 4 is 22.7 Å². The van der Waals surface area contributed by atoms with E-state index >= 15 is 0 Å². The predicted molar refractivity (Wildman–Crippen MR) is 156 cm³/mol. The van der Waals surface area contributed by atoms with Crippen molar-refractivity contribution < 1.29 is 23.8 Å². The maximum absolute atomic E-state index is 14.4. The third-order valence-corrected chi connectivity index (χ3v) is 8.38. The first-order valence-electron chi connectivity index (χ1n) is 14.0. The summed E-state index contributed by atoms with van der Waals surface area (Å²) in [4.78, 5) is 35.2. The fourth-order valence-electron chi connectivity index (χ4n) is 6.33. The molecule has 0 radical (unpaired) electrons. The van der Waals surface area contributed by atoms with Crippen molar-refractivity contribution in [3.63, 3.8) is 0 Å². The molecular formula is C33H35N3O5. The minimum atomic E-state index is -1.17. The molecule has 0 bridgehead atoms. The molecule has 4 aromatic rings. The molecule has 41 heavy (non-hydrogen) atoms. The minimum absolute atomic E-state index is 0.0149. The maximum atomic E-state index is 14.4. The zero-order valence-corrected chi connectivity index (χ0v) is 23.9.